The summed E-state index contributed by atoms with van der Waals surface area (Å²) in [4.78, 5) is 29.1. The Kier molecular flexibility index (Phi) is 10.3. The molecular formula is C30H36BrN3O4S. The Labute approximate surface area is 240 Å². The molecule has 0 saturated heterocycles. The summed E-state index contributed by atoms with van der Waals surface area (Å²) in [5, 5.41) is 2.95. The summed E-state index contributed by atoms with van der Waals surface area (Å²) in [5.74, 6) is -0.763. The molecule has 2 amide bonds. The lowest BCUT2D eigenvalue weighted by molar-refractivity contribution is -0.140. The number of carbonyl (C=O) groups excluding carboxylic acids is 2. The number of sulfonamides is 1. The van der Waals surface area contributed by atoms with Crippen LogP contribution in [-0.4, -0.2) is 50.0 Å². The zero-order chi connectivity index (χ0) is 28.7. The summed E-state index contributed by atoms with van der Waals surface area (Å²) >= 11 is 3.44. The number of nitrogens with zero attached hydrogens (tertiary/aromatic N) is 2. The average Bonchev–Trinajstić information content (AvgIpc) is 2.86. The van der Waals surface area contributed by atoms with Gasteiger partial charge in [-0.05, 0) is 68.1 Å². The van der Waals surface area contributed by atoms with Crippen molar-refractivity contribution in [2.45, 2.75) is 52.7 Å². The zero-order valence-corrected chi connectivity index (χ0v) is 25.4. The number of benzene rings is 3. The first-order valence-electron chi connectivity index (χ1n) is 12.8. The minimum atomic E-state index is -3.81. The first-order valence-corrected chi connectivity index (χ1v) is 15.4. The van der Waals surface area contributed by atoms with Crippen LogP contribution >= 0.6 is 15.9 Å². The maximum absolute atomic E-state index is 14.1. The molecule has 0 aliphatic rings. The van der Waals surface area contributed by atoms with Crippen molar-refractivity contribution in [2.75, 3.05) is 17.1 Å². The van der Waals surface area contributed by atoms with Gasteiger partial charge in [-0.3, -0.25) is 13.9 Å². The van der Waals surface area contributed by atoms with Gasteiger partial charge in [0.25, 0.3) is 0 Å². The molecule has 0 radical (unpaired) electrons. The van der Waals surface area contributed by atoms with Crippen LogP contribution < -0.4 is 9.62 Å². The summed E-state index contributed by atoms with van der Waals surface area (Å²) in [6.45, 7) is 7.12. The molecule has 3 aromatic carbocycles. The third-order valence-corrected chi connectivity index (χ3v) is 7.94. The molecular weight excluding hydrogens is 578 g/mol. The first kappa shape index (κ1) is 30.4. The smallest absolute Gasteiger partial charge is 0.244 e. The van der Waals surface area contributed by atoms with Crippen LogP contribution in [0, 0.1) is 13.8 Å². The van der Waals surface area contributed by atoms with Crippen LogP contribution in [0.3, 0.4) is 0 Å². The minimum Gasteiger partial charge on any atom is -0.352 e. The Morgan fingerprint density at radius 1 is 0.923 bits per heavy atom. The monoisotopic (exact) mass is 613 g/mol. The standard InChI is InChI=1S/C30H36BrN3O4S/c1-21(2)32-30(36)28(18-24-9-7-6-8-10-24)33(19-25-13-15-26(31)16-14-25)29(35)20-34(39(5,37)38)27-17-22(3)11-12-23(27)4/h6-17,21,28H,18-20H2,1-5H3,(H,32,36)/t28-/m0/s1. The van der Waals surface area contributed by atoms with Crippen molar-refractivity contribution in [1.29, 1.82) is 0 Å². The molecule has 7 nitrogen and oxygen atoms in total. The van der Waals surface area contributed by atoms with Crippen molar-refractivity contribution < 1.29 is 18.0 Å². The Balaban J connectivity index is 2.07. The van der Waals surface area contributed by atoms with Gasteiger partial charge in [-0.25, -0.2) is 8.42 Å². The highest BCUT2D eigenvalue weighted by molar-refractivity contribution is 9.10. The van der Waals surface area contributed by atoms with E-state index in [4.69, 9.17) is 0 Å². The Bertz CT molecular complexity index is 1390. The highest BCUT2D eigenvalue weighted by atomic mass is 79.9. The lowest BCUT2D eigenvalue weighted by Crippen LogP contribution is -2.54. The quantitative estimate of drug-likeness (QED) is 0.330. The second kappa shape index (κ2) is 13.3. The van der Waals surface area contributed by atoms with Gasteiger partial charge in [0.2, 0.25) is 21.8 Å². The Morgan fingerprint density at radius 2 is 1.56 bits per heavy atom. The van der Waals surface area contributed by atoms with E-state index in [2.05, 4.69) is 21.2 Å². The fourth-order valence-electron chi connectivity index (χ4n) is 4.30. The molecule has 0 unspecified atom stereocenters. The van der Waals surface area contributed by atoms with Gasteiger partial charge < -0.3 is 10.2 Å². The van der Waals surface area contributed by atoms with Crippen LogP contribution in [0.4, 0.5) is 5.69 Å². The third-order valence-electron chi connectivity index (χ3n) is 6.28. The van der Waals surface area contributed by atoms with Crippen molar-refractivity contribution >= 4 is 43.5 Å². The second-order valence-corrected chi connectivity index (χ2v) is 12.9. The molecule has 0 heterocycles. The minimum absolute atomic E-state index is 0.136. The van der Waals surface area contributed by atoms with Crippen molar-refractivity contribution in [3.63, 3.8) is 0 Å². The van der Waals surface area contributed by atoms with Crippen LogP contribution in [0.5, 0.6) is 0 Å². The van der Waals surface area contributed by atoms with Gasteiger partial charge in [0.1, 0.15) is 12.6 Å². The van der Waals surface area contributed by atoms with Gasteiger partial charge in [0, 0.05) is 23.5 Å². The van der Waals surface area contributed by atoms with Crippen molar-refractivity contribution in [3.05, 3.63) is 99.5 Å². The molecule has 0 aliphatic heterocycles. The predicted molar refractivity (Wildman–Crippen MR) is 160 cm³/mol. The lowest BCUT2D eigenvalue weighted by atomic mass is 10.0. The Hall–Kier alpha value is -3.17. The van der Waals surface area contributed by atoms with Crippen molar-refractivity contribution in [1.82, 2.24) is 10.2 Å². The SMILES string of the molecule is Cc1ccc(C)c(N(CC(=O)N(Cc2ccc(Br)cc2)[C@@H](Cc2ccccc2)C(=O)NC(C)C)S(C)(=O)=O)c1. The summed E-state index contributed by atoms with van der Waals surface area (Å²) < 4.78 is 27.9. The molecule has 0 spiro atoms. The zero-order valence-electron chi connectivity index (χ0n) is 23.0. The molecule has 1 atom stereocenters. The van der Waals surface area contributed by atoms with Crippen LogP contribution in [0.2, 0.25) is 0 Å². The van der Waals surface area contributed by atoms with Crippen LogP contribution in [0.15, 0.2) is 77.3 Å². The number of carbonyl (C=O) groups is 2. The van der Waals surface area contributed by atoms with Crippen LogP contribution in [-0.2, 0) is 32.6 Å². The first-order chi connectivity index (χ1) is 18.3. The third kappa shape index (κ3) is 8.66. The van der Waals surface area contributed by atoms with Gasteiger partial charge in [-0.15, -0.1) is 0 Å². The number of nitrogens with one attached hydrogen (secondary N) is 1. The van der Waals surface area contributed by atoms with Gasteiger partial charge in [0.15, 0.2) is 0 Å². The molecule has 208 valence electrons. The molecule has 0 saturated carbocycles. The molecule has 0 aliphatic carbocycles. The highest BCUT2D eigenvalue weighted by Crippen LogP contribution is 2.25. The van der Waals surface area contributed by atoms with E-state index in [0.29, 0.717) is 5.69 Å². The van der Waals surface area contributed by atoms with E-state index in [-0.39, 0.29) is 24.9 Å². The largest absolute Gasteiger partial charge is 0.352 e. The Morgan fingerprint density at radius 3 is 2.15 bits per heavy atom. The number of rotatable bonds is 11. The van der Waals surface area contributed by atoms with E-state index in [0.717, 1.165) is 37.3 Å². The van der Waals surface area contributed by atoms with Gasteiger partial charge in [-0.2, -0.15) is 0 Å². The summed E-state index contributed by atoms with van der Waals surface area (Å²) in [6.07, 6.45) is 1.37. The summed E-state index contributed by atoms with van der Waals surface area (Å²) in [7, 11) is -3.81. The highest BCUT2D eigenvalue weighted by Gasteiger charge is 2.33. The molecule has 0 aromatic heterocycles. The lowest BCUT2D eigenvalue weighted by Gasteiger charge is -2.34. The fraction of sp³-hybridized carbons (Fsp3) is 0.333. The van der Waals surface area contributed by atoms with E-state index < -0.39 is 28.5 Å². The van der Waals surface area contributed by atoms with E-state index >= 15 is 0 Å². The van der Waals surface area contributed by atoms with Crippen LogP contribution in [0.25, 0.3) is 0 Å². The van der Waals surface area contributed by atoms with E-state index in [9.17, 15) is 18.0 Å². The summed E-state index contributed by atoms with van der Waals surface area (Å²) in [6, 6.07) is 21.5. The fourth-order valence-corrected chi connectivity index (χ4v) is 5.47. The molecule has 3 rings (SSSR count). The second-order valence-electron chi connectivity index (χ2n) is 10.1. The maximum atomic E-state index is 14.1. The predicted octanol–water partition coefficient (Wildman–Crippen LogP) is 5.00. The number of hydrogen-bond donors (Lipinski definition) is 1. The number of aryl methyl sites for hydroxylation is 2. The normalized spacial score (nSPS) is 12.2. The maximum Gasteiger partial charge on any atom is 0.244 e. The topological polar surface area (TPSA) is 86.8 Å². The van der Waals surface area contributed by atoms with E-state index in [1.807, 2.05) is 94.4 Å². The number of hydrogen-bond acceptors (Lipinski definition) is 4. The van der Waals surface area contributed by atoms with Crippen molar-refractivity contribution in [2.24, 2.45) is 0 Å². The average molecular weight is 615 g/mol. The molecule has 0 bridgehead atoms. The molecule has 39 heavy (non-hydrogen) atoms. The van der Waals surface area contributed by atoms with Gasteiger partial charge >= 0.3 is 0 Å². The molecule has 0 fully saturated rings. The van der Waals surface area contributed by atoms with Gasteiger partial charge in [-0.1, -0.05) is 70.5 Å². The number of halogens is 1. The van der Waals surface area contributed by atoms with Crippen LogP contribution in [0.1, 0.15) is 36.1 Å². The van der Waals surface area contributed by atoms with E-state index in [1.54, 1.807) is 6.07 Å². The number of anilines is 1. The van der Waals surface area contributed by atoms with E-state index in [1.165, 1.54) is 4.90 Å². The molecule has 3 aromatic rings. The molecule has 1 N–H and O–H groups in total. The van der Waals surface area contributed by atoms with Gasteiger partial charge in [0.05, 0.1) is 11.9 Å². The van der Waals surface area contributed by atoms with Crippen molar-refractivity contribution in [3.8, 4) is 0 Å². The summed E-state index contributed by atoms with van der Waals surface area (Å²) in [5.41, 5.74) is 3.77. The number of amides is 2. The molecule has 9 heteroatoms.